The van der Waals surface area contributed by atoms with Gasteiger partial charge in [-0.25, -0.2) is 18.2 Å². The van der Waals surface area contributed by atoms with Gasteiger partial charge in [0, 0.05) is 11.9 Å². The molecule has 1 aromatic heterocycles. The molecule has 8 heteroatoms. The van der Waals surface area contributed by atoms with Crippen molar-refractivity contribution in [3.63, 3.8) is 0 Å². The molecule has 0 saturated heterocycles. The third-order valence-corrected chi connectivity index (χ3v) is 4.14. The Morgan fingerprint density at radius 2 is 2.05 bits per heavy atom. The van der Waals surface area contributed by atoms with Gasteiger partial charge < -0.3 is 4.74 Å². The number of ether oxygens (including phenoxy) is 1. The zero-order valence-electron chi connectivity index (χ0n) is 10.9. The number of rotatable bonds is 4. The molecule has 110 valence electrons. The minimum Gasteiger partial charge on any atom is -0.465 e. The average Bonchev–Trinajstić information content (AvgIpc) is 2.46. The number of hydrogen-bond acceptors (Lipinski definition) is 5. The molecule has 0 aliphatic heterocycles. The van der Waals surface area contributed by atoms with Crippen molar-refractivity contribution in [2.75, 3.05) is 11.8 Å². The zero-order chi connectivity index (χ0) is 15.5. The number of esters is 1. The summed E-state index contributed by atoms with van der Waals surface area (Å²) in [4.78, 5) is 15.1. The van der Waals surface area contributed by atoms with Gasteiger partial charge in [0.2, 0.25) is 0 Å². The molecule has 0 aliphatic carbocycles. The third-order valence-electron chi connectivity index (χ3n) is 2.55. The van der Waals surface area contributed by atoms with E-state index >= 15 is 0 Å². The summed E-state index contributed by atoms with van der Waals surface area (Å²) < 4.78 is 31.2. The van der Waals surface area contributed by atoms with Crippen molar-refractivity contribution < 1.29 is 17.9 Å². The summed E-state index contributed by atoms with van der Waals surface area (Å²) in [6.45, 7) is 0. The fourth-order valence-corrected chi connectivity index (χ4v) is 2.67. The predicted molar refractivity (Wildman–Crippen MR) is 77.8 cm³/mol. The van der Waals surface area contributed by atoms with E-state index < -0.39 is 16.0 Å². The summed E-state index contributed by atoms with van der Waals surface area (Å²) in [5.74, 6) is -0.552. The Kier molecular flexibility index (Phi) is 4.44. The van der Waals surface area contributed by atoms with E-state index in [9.17, 15) is 13.2 Å². The second kappa shape index (κ2) is 6.11. The van der Waals surface area contributed by atoms with Crippen molar-refractivity contribution in [3.8, 4) is 0 Å². The van der Waals surface area contributed by atoms with Crippen LogP contribution in [0.3, 0.4) is 0 Å². The summed E-state index contributed by atoms with van der Waals surface area (Å²) in [6, 6.07) is 8.68. The van der Waals surface area contributed by atoms with Crippen LogP contribution in [-0.4, -0.2) is 26.5 Å². The monoisotopic (exact) mass is 326 g/mol. The molecule has 0 radical (unpaired) electrons. The van der Waals surface area contributed by atoms with Crippen LogP contribution in [0.4, 0.5) is 5.69 Å². The number of pyridine rings is 1. The number of anilines is 1. The Bertz CT molecular complexity index is 760. The molecular formula is C13H11ClN2O4S. The Morgan fingerprint density at radius 1 is 1.29 bits per heavy atom. The van der Waals surface area contributed by atoms with Crippen molar-refractivity contribution in [3.05, 3.63) is 53.3 Å². The first-order valence-corrected chi connectivity index (χ1v) is 7.61. The highest BCUT2D eigenvalue weighted by molar-refractivity contribution is 7.92. The topological polar surface area (TPSA) is 85.4 Å². The first-order chi connectivity index (χ1) is 9.92. The van der Waals surface area contributed by atoms with Crippen molar-refractivity contribution in [1.29, 1.82) is 0 Å². The molecule has 0 atom stereocenters. The van der Waals surface area contributed by atoms with E-state index in [1.807, 2.05) is 0 Å². The molecular weight excluding hydrogens is 316 g/mol. The molecule has 0 amide bonds. The molecule has 2 rings (SSSR count). The molecule has 0 saturated carbocycles. The summed E-state index contributed by atoms with van der Waals surface area (Å²) in [5.41, 5.74) is 0.486. The zero-order valence-corrected chi connectivity index (χ0v) is 12.5. The van der Waals surface area contributed by atoms with Crippen molar-refractivity contribution in [2.45, 2.75) is 4.90 Å². The molecule has 0 fully saturated rings. The van der Waals surface area contributed by atoms with Crippen LogP contribution in [-0.2, 0) is 14.8 Å². The van der Waals surface area contributed by atoms with Gasteiger partial charge in [-0.15, -0.1) is 0 Å². The number of sulfonamides is 1. The molecule has 6 nitrogen and oxygen atoms in total. The van der Waals surface area contributed by atoms with Crippen LogP contribution in [0.25, 0.3) is 0 Å². The molecule has 0 aliphatic rings. The van der Waals surface area contributed by atoms with Gasteiger partial charge in [-0.1, -0.05) is 17.7 Å². The van der Waals surface area contributed by atoms with E-state index in [2.05, 4.69) is 14.4 Å². The van der Waals surface area contributed by atoms with Crippen LogP contribution in [0.15, 0.2) is 47.5 Å². The average molecular weight is 327 g/mol. The SMILES string of the molecule is COC(=O)c1cccc(NS(=O)(=O)c2ccc(Cl)nc2)c1. The van der Waals surface area contributed by atoms with Gasteiger partial charge in [-0.3, -0.25) is 4.72 Å². The van der Waals surface area contributed by atoms with Crippen LogP contribution >= 0.6 is 11.6 Å². The Balaban J connectivity index is 2.28. The van der Waals surface area contributed by atoms with Gasteiger partial charge in [0.25, 0.3) is 10.0 Å². The first kappa shape index (κ1) is 15.3. The fourth-order valence-electron chi connectivity index (χ4n) is 1.56. The smallest absolute Gasteiger partial charge is 0.337 e. The van der Waals surface area contributed by atoms with Gasteiger partial charge in [0.05, 0.1) is 12.7 Å². The lowest BCUT2D eigenvalue weighted by Gasteiger charge is -2.08. The van der Waals surface area contributed by atoms with Gasteiger partial charge in [0.1, 0.15) is 10.0 Å². The number of methoxy groups -OCH3 is 1. The molecule has 0 spiro atoms. The summed E-state index contributed by atoms with van der Waals surface area (Å²) in [6.07, 6.45) is 1.15. The lowest BCUT2D eigenvalue weighted by atomic mass is 10.2. The summed E-state index contributed by atoms with van der Waals surface area (Å²) in [7, 11) is -2.55. The van der Waals surface area contributed by atoms with Crippen LogP contribution in [0.1, 0.15) is 10.4 Å². The molecule has 2 aromatic rings. The standard InChI is InChI=1S/C13H11ClN2O4S/c1-20-13(17)9-3-2-4-10(7-9)16-21(18,19)11-5-6-12(14)15-8-11/h2-8,16H,1H3. The number of halogens is 1. The highest BCUT2D eigenvalue weighted by Crippen LogP contribution is 2.18. The first-order valence-electron chi connectivity index (χ1n) is 5.75. The van der Waals surface area contributed by atoms with Crippen molar-refractivity contribution in [1.82, 2.24) is 4.98 Å². The van der Waals surface area contributed by atoms with Gasteiger partial charge in [-0.05, 0) is 30.3 Å². The minimum atomic E-state index is -3.80. The lowest BCUT2D eigenvalue weighted by molar-refractivity contribution is 0.0601. The Labute approximate surface area is 126 Å². The molecule has 0 unspecified atom stereocenters. The van der Waals surface area contributed by atoms with Gasteiger partial charge in [0.15, 0.2) is 0 Å². The molecule has 1 aromatic carbocycles. The number of nitrogens with zero attached hydrogens (tertiary/aromatic N) is 1. The normalized spacial score (nSPS) is 11.0. The number of carbonyl (C=O) groups is 1. The number of hydrogen-bond donors (Lipinski definition) is 1. The highest BCUT2D eigenvalue weighted by Gasteiger charge is 2.15. The van der Waals surface area contributed by atoms with Crippen molar-refractivity contribution >= 4 is 33.3 Å². The van der Waals surface area contributed by atoms with E-state index in [-0.39, 0.29) is 21.3 Å². The number of benzene rings is 1. The Hall–Kier alpha value is -2.12. The van der Waals surface area contributed by atoms with E-state index in [4.69, 9.17) is 11.6 Å². The fraction of sp³-hybridized carbons (Fsp3) is 0.0769. The van der Waals surface area contributed by atoms with Gasteiger partial charge >= 0.3 is 5.97 Å². The molecule has 0 bridgehead atoms. The van der Waals surface area contributed by atoms with Crippen LogP contribution in [0.5, 0.6) is 0 Å². The van der Waals surface area contributed by atoms with Crippen LogP contribution in [0.2, 0.25) is 5.15 Å². The number of nitrogens with one attached hydrogen (secondary N) is 1. The predicted octanol–water partition coefficient (Wildman–Crippen LogP) is 2.32. The van der Waals surface area contributed by atoms with E-state index in [1.54, 1.807) is 6.07 Å². The van der Waals surface area contributed by atoms with Gasteiger partial charge in [-0.2, -0.15) is 0 Å². The summed E-state index contributed by atoms with van der Waals surface area (Å²) >= 11 is 5.62. The summed E-state index contributed by atoms with van der Waals surface area (Å²) in [5, 5.41) is 0.196. The maximum Gasteiger partial charge on any atom is 0.337 e. The second-order valence-corrected chi connectivity index (χ2v) is 6.06. The largest absolute Gasteiger partial charge is 0.465 e. The Morgan fingerprint density at radius 3 is 2.67 bits per heavy atom. The van der Waals surface area contributed by atoms with Crippen molar-refractivity contribution in [2.24, 2.45) is 0 Å². The maximum atomic E-state index is 12.2. The third kappa shape index (κ3) is 3.71. The molecule has 1 heterocycles. The van der Waals surface area contributed by atoms with E-state index in [0.29, 0.717) is 0 Å². The quantitative estimate of drug-likeness (QED) is 0.688. The second-order valence-electron chi connectivity index (χ2n) is 3.99. The van der Waals surface area contributed by atoms with Crippen LogP contribution < -0.4 is 4.72 Å². The van der Waals surface area contributed by atoms with Crippen LogP contribution in [0, 0.1) is 0 Å². The van der Waals surface area contributed by atoms with E-state index in [0.717, 1.165) is 6.20 Å². The molecule has 1 N–H and O–H groups in total. The number of aromatic nitrogens is 1. The minimum absolute atomic E-state index is 0.0321. The highest BCUT2D eigenvalue weighted by atomic mass is 35.5. The number of carbonyl (C=O) groups excluding carboxylic acids is 1. The lowest BCUT2D eigenvalue weighted by Crippen LogP contribution is -2.13. The molecule has 21 heavy (non-hydrogen) atoms. The maximum absolute atomic E-state index is 12.2. The van der Waals surface area contributed by atoms with E-state index in [1.165, 1.54) is 37.4 Å².